The molecule has 0 unspecified atom stereocenters. The van der Waals surface area contributed by atoms with Gasteiger partial charge in [0.25, 0.3) is 5.91 Å². The largest absolute Gasteiger partial charge is 0.341 e. The number of pyridine rings is 1. The molecule has 1 aliphatic carbocycles. The highest BCUT2D eigenvalue weighted by Gasteiger charge is 2.36. The zero-order chi connectivity index (χ0) is 22.2. The molecule has 0 atom stereocenters. The van der Waals surface area contributed by atoms with E-state index in [4.69, 9.17) is 0 Å². The summed E-state index contributed by atoms with van der Waals surface area (Å²) >= 11 is 1.18. The molecular weight excluding hydrogens is 439 g/mol. The molecule has 0 saturated heterocycles. The van der Waals surface area contributed by atoms with Gasteiger partial charge in [-0.3, -0.25) is 14.5 Å². The van der Waals surface area contributed by atoms with Gasteiger partial charge in [-0.2, -0.15) is 0 Å². The summed E-state index contributed by atoms with van der Waals surface area (Å²) in [5.41, 5.74) is 1.54. The van der Waals surface area contributed by atoms with E-state index in [9.17, 15) is 17.6 Å². The van der Waals surface area contributed by atoms with E-state index in [1.807, 2.05) is 0 Å². The number of rotatable bonds is 7. The molecule has 162 valence electrons. The van der Waals surface area contributed by atoms with Gasteiger partial charge < -0.3 is 5.32 Å². The lowest BCUT2D eigenvalue weighted by Gasteiger charge is -2.24. The quantitative estimate of drug-likeness (QED) is 0.557. The fourth-order valence-corrected chi connectivity index (χ4v) is 5.47. The van der Waals surface area contributed by atoms with Crippen molar-refractivity contribution < 1.29 is 17.6 Å². The Balaban J connectivity index is 1.45. The second-order valence-electron chi connectivity index (χ2n) is 7.93. The zero-order valence-electron chi connectivity index (χ0n) is 16.9. The van der Waals surface area contributed by atoms with Gasteiger partial charge in [0, 0.05) is 22.7 Å². The number of halogens is 1. The summed E-state index contributed by atoms with van der Waals surface area (Å²) in [5, 5.41) is 4.61. The third-order valence-electron chi connectivity index (χ3n) is 4.95. The van der Waals surface area contributed by atoms with E-state index in [0.717, 1.165) is 11.8 Å². The summed E-state index contributed by atoms with van der Waals surface area (Å²) in [7, 11) is -3.39. The van der Waals surface area contributed by atoms with Gasteiger partial charge in [0.05, 0.1) is 22.7 Å². The van der Waals surface area contributed by atoms with E-state index in [0.29, 0.717) is 29.7 Å². The topological polar surface area (TPSA) is 101 Å². The summed E-state index contributed by atoms with van der Waals surface area (Å²) in [6, 6.07) is 8.14. The van der Waals surface area contributed by atoms with Crippen LogP contribution in [0.3, 0.4) is 0 Å². The molecule has 10 heteroatoms. The van der Waals surface area contributed by atoms with Crippen LogP contribution in [0.15, 0.2) is 48.1 Å². The first kappa shape index (κ1) is 21.4. The monoisotopic (exact) mass is 460 g/mol. The number of sulfonamides is 1. The lowest BCUT2D eigenvalue weighted by atomic mass is 10.0. The van der Waals surface area contributed by atoms with Crippen molar-refractivity contribution in [1.29, 1.82) is 0 Å². The number of aromatic nitrogens is 2. The van der Waals surface area contributed by atoms with E-state index < -0.39 is 21.4 Å². The molecule has 4 rings (SSSR count). The van der Waals surface area contributed by atoms with Gasteiger partial charge in [-0.15, -0.1) is 11.3 Å². The lowest BCUT2D eigenvalue weighted by Crippen LogP contribution is -2.41. The Morgan fingerprint density at radius 2 is 1.87 bits per heavy atom. The summed E-state index contributed by atoms with van der Waals surface area (Å²) in [6.45, 7) is 3.60. The van der Waals surface area contributed by atoms with Crippen molar-refractivity contribution in [2.24, 2.45) is 0 Å². The van der Waals surface area contributed by atoms with Crippen LogP contribution >= 0.6 is 11.3 Å². The van der Waals surface area contributed by atoms with Gasteiger partial charge in [-0.25, -0.2) is 17.8 Å². The summed E-state index contributed by atoms with van der Waals surface area (Å²) < 4.78 is 40.1. The maximum absolute atomic E-state index is 13.4. The van der Waals surface area contributed by atoms with Gasteiger partial charge in [-0.05, 0) is 50.5 Å². The Kier molecular flexibility index (Phi) is 5.52. The van der Waals surface area contributed by atoms with Crippen molar-refractivity contribution in [1.82, 2.24) is 15.3 Å². The SMILES string of the molecule is CC(C)(NC(=O)c1ccc(-c2cncc(F)c2)cc1)c1csc(NS(=O)(=O)C2CC2)n1. The number of benzene rings is 1. The standard InChI is InChI=1S/C21H21FN4O3S2/c1-21(2,18-12-30-20(24-18)26-31(28,29)17-7-8-17)25-19(27)14-5-3-13(4-6-14)15-9-16(22)11-23-10-15/h3-6,9-12,17H,7-8H2,1-2H3,(H,24,26)(H,25,27). The molecular formula is C21H21FN4O3S2. The van der Waals surface area contributed by atoms with Gasteiger partial charge in [0.2, 0.25) is 10.0 Å². The van der Waals surface area contributed by atoms with Crippen molar-refractivity contribution in [3.63, 3.8) is 0 Å². The van der Waals surface area contributed by atoms with Gasteiger partial charge >= 0.3 is 0 Å². The Morgan fingerprint density at radius 3 is 2.52 bits per heavy atom. The van der Waals surface area contributed by atoms with Crippen molar-refractivity contribution in [2.45, 2.75) is 37.5 Å². The summed E-state index contributed by atoms with van der Waals surface area (Å²) in [4.78, 5) is 20.9. The predicted octanol–water partition coefficient (Wildman–Crippen LogP) is 3.91. The Hall–Kier alpha value is -2.85. The number of nitrogens with one attached hydrogen (secondary N) is 2. The van der Waals surface area contributed by atoms with Crippen LogP contribution < -0.4 is 10.0 Å². The van der Waals surface area contributed by atoms with Crippen LogP contribution in [-0.4, -0.2) is 29.5 Å². The van der Waals surface area contributed by atoms with Crippen LogP contribution in [0, 0.1) is 5.82 Å². The molecule has 0 bridgehead atoms. The molecule has 1 fully saturated rings. The molecule has 1 amide bonds. The van der Waals surface area contributed by atoms with Gasteiger partial charge in [0.15, 0.2) is 5.13 Å². The van der Waals surface area contributed by atoms with Crippen LogP contribution in [0.2, 0.25) is 0 Å². The molecule has 3 aromatic rings. The normalized spacial score (nSPS) is 14.3. The molecule has 1 aromatic carbocycles. The first-order chi connectivity index (χ1) is 14.6. The fraction of sp³-hybridized carbons (Fsp3) is 0.286. The molecule has 2 aromatic heterocycles. The lowest BCUT2D eigenvalue weighted by molar-refractivity contribution is 0.0910. The molecule has 0 spiro atoms. The first-order valence-electron chi connectivity index (χ1n) is 9.65. The number of hydrogen-bond donors (Lipinski definition) is 2. The third kappa shape index (κ3) is 4.91. The zero-order valence-corrected chi connectivity index (χ0v) is 18.6. The Labute approximate surface area is 183 Å². The number of thiazole rings is 1. The number of carbonyl (C=O) groups is 1. The Morgan fingerprint density at radius 1 is 1.16 bits per heavy atom. The summed E-state index contributed by atoms with van der Waals surface area (Å²) in [6.07, 6.45) is 4.03. The molecule has 0 radical (unpaired) electrons. The van der Waals surface area contributed by atoms with Crippen LogP contribution in [0.25, 0.3) is 11.1 Å². The number of hydrogen-bond acceptors (Lipinski definition) is 6. The van der Waals surface area contributed by atoms with E-state index in [1.54, 1.807) is 49.7 Å². The van der Waals surface area contributed by atoms with Crippen LogP contribution in [0.1, 0.15) is 42.7 Å². The van der Waals surface area contributed by atoms with Crippen molar-refractivity contribution in [2.75, 3.05) is 4.72 Å². The van der Waals surface area contributed by atoms with Crippen molar-refractivity contribution >= 4 is 32.4 Å². The van der Waals surface area contributed by atoms with Gasteiger partial charge in [0.1, 0.15) is 5.82 Å². The van der Waals surface area contributed by atoms with E-state index in [2.05, 4.69) is 20.0 Å². The average molecular weight is 461 g/mol. The third-order valence-corrected chi connectivity index (χ3v) is 7.66. The van der Waals surface area contributed by atoms with E-state index >= 15 is 0 Å². The number of amides is 1. The second-order valence-corrected chi connectivity index (χ2v) is 10.8. The molecule has 31 heavy (non-hydrogen) atoms. The molecule has 1 aliphatic rings. The number of nitrogens with zero attached hydrogens (tertiary/aromatic N) is 2. The predicted molar refractivity (Wildman–Crippen MR) is 118 cm³/mol. The number of carbonyl (C=O) groups excluding carboxylic acids is 1. The molecule has 7 nitrogen and oxygen atoms in total. The highest BCUT2D eigenvalue weighted by molar-refractivity contribution is 7.93. The van der Waals surface area contributed by atoms with Gasteiger partial charge in [-0.1, -0.05) is 12.1 Å². The first-order valence-corrected chi connectivity index (χ1v) is 12.1. The fourth-order valence-electron chi connectivity index (χ4n) is 2.99. The summed E-state index contributed by atoms with van der Waals surface area (Å²) in [5.74, 6) is -0.731. The van der Waals surface area contributed by atoms with Crippen LogP contribution in [-0.2, 0) is 15.6 Å². The minimum absolute atomic E-state index is 0.289. The second kappa shape index (κ2) is 8.01. The maximum Gasteiger partial charge on any atom is 0.252 e. The van der Waals surface area contributed by atoms with Crippen LogP contribution in [0.4, 0.5) is 9.52 Å². The molecule has 1 saturated carbocycles. The Bertz CT molecular complexity index is 1220. The van der Waals surface area contributed by atoms with Crippen molar-refractivity contribution in [3.05, 3.63) is 65.2 Å². The van der Waals surface area contributed by atoms with E-state index in [-0.39, 0.29) is 16.3 Å². The maximum atomic E-state index is 13.4. The highest BCUT2D eigenvalue weighted by Crippen LogP contribution is 2.32. The van der Waals surface area contributed by atoms with Crippen LogP contribution in [0.5, 0.6) is 0 Å². The highest BCUT2D eigenvalue weighted by atomic mass is 32.2. The molecule has 2 N–H and O–H groups in total. The minimum Gasteiger partial charge on any atom is -0.341 e. The van der Waals surface area contributed by atoms with E-state index in [1.165, 1.54) is 17.4 Å². The smallest absolute Gasteiger partial charge is 0.252 e. The average Bonchev–Trinajstić information content (AvgIpc) is 3.48. The minimum atomic E-state index is -3.39. The molecule has 2 heterocycles. The number of anilines is 1. The van der Waals surface area contributed by atoms with Crippen molar-refractivity contribution in [3.8, 4) is 11.1 Å². The molecule has 0 aliphatic heterocycles.